The summed E-state index contributed by atoms with van der Waals surface area (Å²) in [5.41, 5.74) is 0.0810. The van der Waals surface area contributed by atoms with Gasteiger partial charge in [-0.3, -0.25) is 21.0 Å². The van der Waals surface area contributed by atoms with Crippen molar-refractivity contribution in [3.63, 3.8) is 0 Å². The molecule has 5 N–H and O–H groups in total. The molecule has 0 spiro atoms. The Morgan fingerprint density at radius 3 is 1.80 bits per heavy atom. The summed E-state index contributed by atoms with van der Waals surface area (Å²) in [4.78, 5) is 13.7. The summed E-state index contributed by atoms with van der Waals surface area (Å²) >= 11 is 1.06. The predicted molar refractivity (Wildman–Crippen MR) is 42.4 cm³/mol. The van der Waals surface area contributed by atoms with Gasteiger partial charge in [0.25, 0.3) is 0 Å². The predicted octanol–water partition coefficient (Wildman–Crippen LogP) is 0.693. The maximum absolute atomic E-state index is 10.1. The molecule has 8 nitrogen and oxygen atoms in total. The maximum atomic E-state index is 10.1. The summed E-state index contributed by atoms with van der Waals surface area (Å²) in [6, 6.07) is 4.76. The molecule has 0 aliphatic rings. The van der Waals surface area contributed by atoms with Gasteiger partial charge in [0, 0.05) is 6.20 Å². The molecule has 0 bridgehead atoms. The van der Waals surface area contributed by atoms with Crippen LogP contribution in [0.5, 0.6) is 0 Å². The fourth-order valence-electron chi connectivity index (χ4n) is 0.489. The van der Waals surface area contributed by atoms with E-state index in [4.69, 9.17) is 29.8 Å². The van der Waals surface area contributed by atoms with Crippen LogP contribution in [0.15, 0.2) is 24.4 Å². The van der Waals surface area contributed by atoms with Crippen molar-refractivity contribution in [3.8, 4) is 0 Å². The molecule has 0 aliphatic heterocycles. The van der Waals surface area contributed by atoms with Gasteiger partial charge in [0.2, 0.25) is 0 Å². The van der Waals surface area contributed by atoms with E-state index in [1.54, 1.807) is 12.1 Å². The Morgan fingerprint density at radius 2 is 1.60 bits per heavy atom. The molecular weight excluding hydrogens is 249 g/mol. The van der Waals surface area contributed by atoms with E-state index in [0.29, 0.717) is 0 Å². The Kier molecular flexibility index (Phi) is 24.1. The summed E-state index contributed by atoms with van der Waals surface area (Å²) in [6.07, 6.45) is 1.45. The standard InChI is InChI=1S/C6H5NO2.2H2O2.O.V/c8-6(9)5-3-1-2-4-7-5;2*1-2;;/h1-4H,(H,8,9);2*1-2H;;. The van der Waals surface area contributed by atoms with Crippen LogP contribution in [0.4, 0.5) is 0 Å². The fraction of sp³-hybridized carbons (Fsp3) is 0. The van der Waals surface area contributed by atoms with Crippen LogP contribution in [0.2, 0.25) is 0 Å². The molecule has 0 fully saturated rings. The average molecular weight is 258 g/mol. The Morgan fingerprint density at radius 1 is 1.13 bits per heavy atom. The third-order valence-electron chi connectivity index (χ3n) is 0.884. The molecule has 15 heavy (non-hydrogen) atoms. The molecule has 1 heterocycles. The Hall–Kier alpha value is -1.16. The van der Waals surface area contributed by atoms with Gasteiger partial charge >= 0.3 is 27.0 Å². The second-order valence-electron chi connectivity index (χ2n) is 1.52. The van der Waals surface area contributed by atoms with Crippen molar-refractivity contribution >= 4 is 5.97 Å². The summed E-state index contributed by atoms with van der Waals surface area (Å²) in [6.45, 7) is 0. The number of hydrogen-bond acceptors (Lipinski definition) is 7. The minimum absolute atomic E-state index is 0.0810. The number of carbonyl (C=O) groups is 1. The van der Waals surface area contributed by atoms with Gasteiger partial charge in [-0.05, 0) is 12.1 Å². The first-order chi connectivity index (χ1) is 7.30. The molecule has 85 valence electrons. The summed E-state index contributed by atoms with van der Waals surface area (Å²) < 4.78 is 8.19. The Labute approximate surface area is 93.5 Å². The summed E-state index contributed by atoms with van der Waals surface area (Å²) in [5.74, 6) is -0.990. The van der Waals surface area contributed by atoms with Crippen LogP contribution in [0.1, 0.15) is 10.5 Å². The van der Waals surface area contributed by atoms with Gasteiger partial charge < -0.3 is 5.11 Å². The molecule has 0 amide bonds. The van der Waals surface area contributed by atoms with Crippen molar-refractivity contribution < 1.29 is 52.0 Å². The topological polar surface area (TPSA) is 148 Å². The van der Waals surface area contributed by atoms with Gasteiger partial charge in [0.05, 0.1) is 0 Å². The summed E-state index contributed by atoms with van der Waals surface area (Å²) in [5, 5.41) is 32.3. The third kappa shape index (κ3) is 12.8. The SMILES string of the molecule is O=C(O)c1ccccn1.OO.OO.[O]=[V]. The van der Waals surface area contributed by atoms with Crippen molar-refractivity contribution in [3.05, 3.63) is 30.1 Å². The van der Waals surface area contributed by atoms with Gasteiger partial charge in [0.15, 0.2) is 0 Å². The number of pyridine rings is 1. The molecule has 1 rings (SSSR count). The van der Waals surface area contributed by atoms with E-state index in [0.717, 1.165) is 17.4 Å². The van der Waals surface area contributed by atoms with Crippen LogP contribution in [-0.2, 0) is 21.0 Å². The number of hydrogen-bond donors (Lipinski definition) is 5. The van der Waals surface area contributed by atoms with Gasteiger partial charge in [-0.2, -0.15) is 0 Å². The van der Waals surface area contributed by atoms with Gasteiger partial charge in [0.1, 0.15) is 5.69 Å². The van der Waals surface area contributed by atoms with E-state index in [9.17, 15) is 4.79 Å². The zero-order valence-corrected chi connectivity index (χ0v) is 8.65. The van der Waals surface area contributed by atoms with Crippen molar-refractivity contribution in [2.75, 3.05) is 0 Å². The fourth-order valence-corrected chi connectivity index (χ4v) is 0.489. The van der Waals surface area contributed by atoms with E-state index < -0.39 is 5.97 Å². The van der Waals surface area contributed by atoms with E-state index in [2.05, 4.69) is 4.98 Å². The second-order valence-corrected chi connectivity index (χ2v) is 1.52. The number of aromatic carboxylic acids is 1. The number of carboxylic acids is 1. The first kappa shape index (κ1) is 19.4. The molecule has 0 aliphatic carbocycles. The van der Waals surface area contributed by atoms with E-state index in [-0.39, 0.29) is 5.69 Å². The van der Waals surface area contributed by atoms with Crippen molar-refractivity contribution in [1.82, 2.24) is 4.98 Å². The molecule has 0 atom stereocenters. The van der Waals surface area contributed by atoms with E-state index in [1.807, 2.05) is 0 Å². The van der Waals surface area contributed by atoms with Crippen LogP contribution in [0.3, 0.4) is 0 Å². The molecule has 0 saturated carbocycles. The number of rotatable bonds is 1. The third-order valence-corrected chi connectivity index (χ3v) is 0.884. The van der Waals surface area contributed by atoms with Crippen LogP contribution in [-0.4, -0.2) is 37.1 Å². The normalized spacial score (nSPS) is 6.33. The van der Waals surface area contributed by atoms with Crippen molar-refractivity contribution in [2.24, 2.45) is 0 Å². The molecule has 9 heteroatoms. The molecule has 0 radical (unpaired) electrons. The van der Waals surface area contributed by atoms with E-state index in [1.165, 1.54) is 12.3 Å². The van der Waals surface area contributed by atoms with Gasteiger partial charge in [-0.25, -0.2) is 9.78 Å². The van der Waals surface area contributed by atoms with Crippen LogP contribution < -0.4 is 0 Å². The zero-order valence-electron chi connectivity index (χ0n) is 7.26. The monoisotopic (exact) mass is 258 g/mol. The minimum atomic E-state index is -0.990. The Balaban J connectivity index is -0.000000208. The van der Waals surface area contributed by atoms with E-state index >= 15 is 0 Å². The first-order valence-corrected chi connectivity index (χ1v) is 3.60. The number of carboxylic acid groups (broad SMARTS) is 1. The van der Waals surface area contributed by atoms with Crippen LogP contribution >= 0.6 is 0 Å². The molecule has 1 aromatic heterocycles. The molecular formula is C6H9NO7V. The number of nitrogens with zero attached hydrogens (tertiary/aromatic N) is 1. The summed E-state index contributed by atoms with van der Waals surface area (Å²) in [7, 11) is 0. The first-order valence-electron chi connectivity index (χ1n) is 3.03. The average Bonchev–Trinajstić information content (AvgIpc) is 2.38. The molecule has 1 aromatic rings. The van der Waals surface area contributed by atoms with Gasteiger partial charge in [-0.15, -0.1) is 0 Å². The quantitative estimate of drug-likeness (QED) is 0.365. The zero-order chi connectivity index (χ0) is 12.7. The molecule has 0 aromatic carbocycles. The van der Waals surface area contributed by atoms with Crippen molar-refractivity contribution in [1.29, 1.82) is 0 Å². The van der Waals surface area contributed by atoms with Gasteiger partial charge in [-0.1, -0.05) is 6.07 Å². The number of aromatic nitrogens is 1. The second kappa shape index (κ2) is 18.6. The molecule has 0 saturated heterocycles. The van der Waals surface area contributed by atoms with Crippen LogP contribution in [0, 0.1) is 0 Å². The molecule has 0 unspecified atom stereocenters. The van der Waals surface area contributed by atoms with Crippen LogP contribution in [0.25, 0.3) is 0 Å². The Bertz CT molecular complexity index is 232. The van der Waals surface area contributed by atoms with Crippen molar-refractivity contribution in [2.45, 2.75) is 0 Å².